The number of benzene rings is 2. The van der Waals surface area contributed by atoms with Crippen molar-refractivity contribution < 1.29 is 23.9 Å². The largest absolute Gasteiger partial charge is 0.495 e. The van der Waals surface area contributed by atoms with Gasteiger partial charge < -0.3 is 19.5 Å². The number of nitrogens with one attached hydrogen (secondary N) is 1. The molecular weight excluding hydrogens is 387 g/mol. The number of amides is 1. The van der Waals surface area contributed by atoms with Crippen LogP contribution in [0.2, 0.25) is 10.0 Å². The van der Waals surface area contributed by atoms with Crippen LogP contribution in [0.1, 0.15) is 0 Å². The second kappa shape index (κ2) is 8.59. The Hall–Kier alpha value is -2.71. The van der Waals surface area contributed by atoms with Crippen molar-refractivity contribution in [1.82, 2.24) is 0 Å². The Bertz CT molecular complexity index is 844. The molecule has 0 radical (unpaired) electrons. The van der Waals surface area contributed by atoms with Crippen LogP contribution in [0.4, 0.5) is 11.4 Å². The van der Waals surface area contributed by atoms with Crippen molar-refractivity contribution in [3.05, 3.63) is 50.5 Å². The summed E-state index contributed by atoms with van der Waals surface area (Å²) in [6.45, 7) is -0.371. The Balaban J connectivity index is 2.06. The summed E-state index contributed by atoms with van der Waals surface area (Å²) in [4.78, 5) is 22.2. The van der Waals surface area contributed by atoms with Gasteiger partial charge in [0.15, 0.2) is 6.61 Å². The number of nitro benzene ring substituents is 1. The fraction of sp³-hybridized carbons (Fsp3) is 0.188. The number of halogens is 2. The minimum absolute atomic E-state index is 0.0251. The molecule has 0 spiro atoms. The van der Waals surface area contributed by atoms with Gasteiger partial charge in [-0.2, -0.15) is 0 Å². The highest BCUT2D eigenvalue weighted by Gasteiger charge is 2.15. The van der Waals surface area contributed by atoms with Gasteiger partial charge in [-0.1, -0.05) is 23.2 Å². The molecule has 10 heteroatoms. The standard InChI is InChI=1S/C16H14Cl2N2O6/c1-24-14-7-15(25-2)12(6-11(14)18)19-16(21)8-26-13-4-3-9(20(22)23)5-10(13)17/h3-7H,8H2,1-2H3,(H,19,21). The van der Waals surface area contributed by atoms with Crippen LogP contribution in [0.25, 0.3) is 0 Å². The zero-order valence-corrected chi connectivity index (χ0v) is 15.3. The summed E-state index contributed by atoms with van der Waals surface area (Å²) in [6, 6.07) is 6.70. The average Bonchev–Trinajstić information content (AvgIpc) is 2.60. The second-order valence-electron chi connectivity index (χ2n) is 4.90. The lowest BCUT2D eigenvalue weighted by molar-refractivity contribution is -0.384. The summed E-state index contributed by atoms with van der Waals surface area (Å²) in [7, 11) is 2.90. The highest BCUT2D eigenvalue weighted by atomic mass is 35.5. The summed E-state index contributed by atoms with van der Waals surface area (Å²) in [5.74, 6) is 0.398. The number of hydrogen-bond donors (Lipinski definition) is 1. The Morgan fingerprint density at radius 1 is 1.08 bits per heavy atom. The molecule has 0 saturated carbocycles. The zero-order valence-electron chi connectivity index (χ0n) is 13.7. The third-order valence-corrected chi connectivity index (χ3v) is 3.82. The average molecular weight is 401 g/mol. The normalized spacial score (nSPS) is 10.2. The molecule has 2 aromatic carbocycles. The summed E-state index contributed by atoms with van der Waals surface area (Å²) < 4.78 is 15.6. The maximum Gasteiger partial charge on any atom is 0.271 e. The minimum Gasteiger partial charge on any atom is -0.495 e. The molecule has 0 saturated heterocycles. The maximum absolute atomic E-state index is 12.1. The molecule has 1 N–H and O–H groups in total. The summed E-state index contributed by atoms with van der Waals surface area (Å²) in [5, 5.41) is 13.6. The van der Waals surface area contributed by atoms with Crippen LogP contribution in [0.5, 0.6) is 17.2 Å². The number of hydrogen-bond acceptors (Lipinski definition) is 6. The Labute approximate surface area is 158 Å². The molecule has 0 aliphatic heterocycles. The van der Waals surface area contributed by atoms with Crippen molar-refractivity contribution in [2.24, 2.45) is 0 Å². The van der Waals surface area contributed by atoms with Crippen molar-refractivity contribution in [2.45, 2.75) is 0 Å². The van der Waals surface area contributed by atoms with Gasteiger partial charge in [-0.25, -0.2) is 0 Å². The van der Waals surface area contributed by atoms with Gasteiger partial charge in [0.05, 0.1) is 34.9 Å². The van der Waals surface area contributed by atoms with Crippen molar-refractivity contribution >= 4 is 40.5 Å². The van der Waals surface area contributed by atoms with Crippen LogP contribution < -0.4 is 19.5 Å². The lowest BCUT2D eigenvalue weighted by Gasteiger charge is -2.13. The minimum atomic E-state index is -0.581. The van der Waals surface area contributed by atoms with E-state index in [9.17, 15) is 14.9 Å². The number of nitro groups is 1. The fourth-order valence-corrected chi connectivity index (χ4v) is 2.48. The third kappa shape index (κ3) is 4.68. The van der Waals surface area contributed by atoms with Gasteiger partial charge in [-0.3, -0.25) is 14.9 Å². The maximum atomic E-state index is 12.1. The molecule has 26 heavy (non-hydrogen) atoms. The van der Waals surface area contributed by atoms with E-state index in [2.05, 4.69) is 5.32 Å². The molecule has 0 heterocycles. The zero-order chi connectivity index (χ0) is 19.3. The first-order chi connectivity index (χ1) is 12.3. The number of non-ortho nitro benzene ring substituents is 1. The van der Waals surface area contributed by atoms with E-state index >= 15 is 0 Å². The first-order valence-corrected chi connectivity index (χ1v) is 7.89. The number of rotatable bonds is 7. The van der Waals surface area contributed by atoms with Crippen LogP contribution in [-0.2, 0) is 4.79 Å². The summed E-state index contributed by atoms with van der Waals surface area (Å²) in [6.07, 6.45) is 0. The van der Waals surface area contributed by atoms with Gasteiger partial charge in [0.1, 0.15) is 17.2 Å². The molecule has 0 bridgehead atoms. The number of anilines is 1. The molecular formula is C16H14Cl2N2O6. The molecule has 0 fully saturated rings. The van der Waals surface area contributed by atoms with Gasteiger partial charge in [0.2, 0.25) is 0 Å². The molecule has 8 nitrogen and oxygen atoms in total. The molecule has 0 unspecified atom stereocenters. The van der Waals surface area contributed by atoms with Crippen LogP contribution >= 0.6 is 23.2 Å². The predicted molar refractivity (Wildman–Crippen MR) is 96.8 cm³/mol. The van der Waals surface area contributed by atoms with E-state index in [1.165, 1.54) is 38.5 Å². The molecule has 2 aromatic rings. The summed E-state index contributed by atoms with van der Waals surface area (Å²) in [5.41, 5.74) is 0.158. The summed E-state index contributed by atoms with van der Waals surface area (Å²) >= 11 is 11.9. The monoisotopic (exact) mass is 400 g/mol. The quantitative estimate of drug-likeness (QED) is 0.557. The molecule has 138 valence electrons. The van der Waals surface area contributed by atoms with E-state index in [0.29, 0.717) is 22.2 Å². The van der Waals surface area contributed by atoms with Crippen molar-refractivity contribution in [3.8, 4) is 17.2 Å². The van der Waals surface area contributed by atoms with Gasteiger partial charge >= 0.3 is 0 Å². The third-order valence-electron chi connectivity index (χ3n) is 3.23. The van der Waals surface area contributed by atoms with Gasteiger partial charge in [-0.05, 0) is 12.1 Å². The van der Waals surface area contributed by atoms with E-state index in [0.717, 1.165) is 6.07 Å². The van der Waals surface area contributed by atoms with E-state index in [1.807, 2.05) is 0 Å². The Kier molecular flexibility index (Phi) is 6.48. The second-order valence-corrected chi connectivity index (χ2v) is 5.71. The lowest BCUT2D eigenvalue weighted by atomic mass is 10.2. The number of methoxy groups -OCH3 is 2. The molecule has 0 aliphatic rings. The van der Waals surface area contributed by atoms with Crippen LogP contribution in [0, 0.1) is 10.1 Å². The topological polar surface area (TPSA) is 99.9 Å². The SMILES string of the molecule is COc1cc(OC)c(NC(=O)COc2ccc([N+](=O)[O-])cc2Cl)cc1Cl. The molecule has 2 rings (SSSR count). The fourth-order valence-electron chi connectivity index (χ4n) is 2.01. The highest BCUT2D eigenvalue weighted by molar-refractivity contribution is 6.32. The Morgan fingerprint density at radius 2 is 1.73 bits per heavy atom. The predicted octanol–water partition coefficient (Wildman–Crippen LogP) is 3.94. The molecule has 1 amide bonds. The van der Waals surface area contributed by atoms with Crippen molar-refractivity contribution in [3.63, 3.8) is 0 Å². The van der Waals surface area contributed by atoms with E-state index in [4.69, 9.17) is 37.4 Å². The van der Waals surface area contributed by atoms with Gasteiger partial charge in [0, 0.05) is 18.2 Å². The smallest absolute Gasteiger partial charge is 0.271 e. The molecule has 0 aromatic heterocycles. The first kappa shape index (κ1) is 19.6. The van der Waals surface area contributed by atoms with Crippen LogP contribution in [0.3, 0.4) is 0 Å². The number of carbonyl (C=O) groups is 1. The van der Waals surface area contributed by atoms with Gasteiger partial charge in [0.25, 0.3) is 11.6 Å². The Morgan fingerprint density at radius 3 is 2.31 bits per heavy atom. The number of nitrogens with zero attached hydrogens (tertiary/aromatic N) is 1. The van der Waals surface area contributed by atoms with E-state index in [-0.39, 0.29) is 23.1 Å². The van der Waals surface area contributed by atoms with E-state index < -0.39 is 10.8 Å². The molecule has 0 atom stereocenters. The van der Waals surface area contributed by atoms with Crippen molar-refractivity contribution in [2.75, 3.05) is 26.1 Å². The number of ether oxygens (including phenoxy) is 3. The molecule has 0 aliphatic carbocycles. The number of carbonyl (C=O) groups excluding carboxylic acids is 1. The van der Waals surface area contributed by atoms with Gasteiger partial charge in [-0.15, -0.1) is 0 Å². The van der Waals surface area contributed by atoms with Crippen LogP contribution in [0.15, 0.2) is 30.3 Å². The van der Waals surface area contributed by atoms with E-state index in [1.54, 1.807) is 0 Å². The first-order valence-electron chi connectivity index (χ1n) is 7.13. The lowest BCUT2D eigenvalue weighted by Crippen LogP contribution is -2.20. The van der Waals surface area contributed by atoms with Crippen LogP contribution in [-0.4, -0.2) is 31.7 Å². The van der Waals surface area contributed by atoms with Crippen molar-refractivity contribution in [1.29, 1.82) is 0 Å². The highest BCUT2D eigenvalue weighted by Crippen LogP contribution is 2.36.